The molecule has 29 heavy (non-hydrogen) atoms. The van der Waals surface area contributed by atoms with Crippen LogP contribution in [0.2, 0.25) is 0 Å². The molecule has 0 aliphatic rings. The van der Waals surface area contributed by atoms with Crippen molar-refractivity contribution in [2.75, 3.05) is 6.26 Å². The molecule has 0 aliphatic heterocycles. The summed E-state index contributed by atoms with van der Waals surface area (Å²) >= 11 is 0. The lowest BCUT2D eigenvalue weighted by Crippen LogP contribution is -1.96. The minimum atomic E-state index is -3.17. The van der Waals surface area contributed by atoms with Crippen LogP contribution < -0.4 is 0 Å². The van der Waals surface area contributed by atoms with Gasteiger partial charge in [0.25, 0.3) is 0 Å². The van der Waals surface area contributed by atoms with Crippen molar-refractivity contribution >= 4 is 15.4 Å². The van der Waals surface area contributed by atoms with Crippen molar-refractivity contribution in [2.45, 2.75) is 31.1 Å². The van der Waals surface area contributed by atoms with Crippen LogP contribution in [0.5, 0.6) is 0 Å². The van der Waals surface area contributed by atoms with E-state index in [0.29, 0.717) is 4.90 Å². The van der Waals surface area contributed by atoms with E-state index in [0.717, 1.165) is 17.5 Å². The predicted molar refractivity (Wildman–Crippen MR) is 120 cm³/mol. The first-order valence-electron chi connectivity index (χ1n) is 9.97. The number of fused-ring (bicyclic) bond motifs is 1. The van der Waals surface area contributed by atoms with E-state index < -0.39 is 9.84 Å². The van der Waals surface area contributed by atoms with Crippen LogP contribution in [-0.2, 0) is 16.3 Å². The largest absolute Gasteiger partial charge is 0.323 e. The van der Waals surface area contributed by atoms with Crippen LogP contribution in [-0.4, -0.2) is 19.1 Å². The third-order valence-corrected chi connectivity index (χ3v) is 6.51. The number of benzene rings is 2. The van der Waals surface area contributed by atoms with Crippen molar-refractivity contribution < 1.29 is 8.42 Å². The molecular weight excluding hydrogens is 378 g/mol. The van der Waals surface area contributed by atoms with E-state index in [4.69, 9.17) is 0 Å². The number of aryl methyl sites for hydroxylation is 1. The molecule has 0 saturated carbocycles. The van der Waals surface area contributed by atoms with Crippen LogP contribution in [0.25, 0.3) is 27.8 Å². The van der Waals surface area contributed by atoms with Crippen molar-refractivity contribution in [1.82, 2.24) is 4.40 Å². The molecule has 4 heteroatoms. The minimum Gasteiger partial charge on any atom is -0.323 e. The Morgan fingerprint density at radius 3 is 2.07 bits per heavy atom. The minimum absolute atomic E-state index is 0.346. The van der Waals surface area contributed by atoms with E-state index in [9.17, 15) is 8.42 Å². The summed E-state index contributed by atoms with van der Waals surface area (Å²) in [6, 6.07) is 21.9. The Kier molecular flexibility index (Phi) is 5.29. The molecule has 2 aromatic heterocycles. The number of unbranched alkanes of at least 4 members (excludes halogenated alkanes) is 1. The second-order valence-corrected chi connectivity index (χ2v) is 9.51. The average Bonchev–Trinajstić information content (AvgIpc) is 3.10. The van der Waals surface area contributed by atoms with E-state index >= 15 is 0 Å². The van der Waals surface area contributed by atoms with Crippen LogP contribution in [0, 0.1) is 0 Å². The number of hydrogen-bond acceptors (Lipinski definition) is 2. The van der Waals surface area contributed by atoms with Crippen LogP contribution >= 0.6 is 0 Å². The molecule has 0 saturated heterocycles. The van der Waals surface area contributed by atoms with Gasteiger partial charge in [-0.3, -0.25) is 0 Å². The molecular formula is C25H25NO2S. The topological polar surface area (TPSA) is 38.5 Å². The fourth-order valence-corrected chi connectivity index (χ4v) is 4.41. The van der Waals surface area contributed by atoms with Crippen molar-refractivity contribution in [1.29, 1.82) is 0 Å². The van der Waals surface area contributed by atoms with Gasteiger partial charge in [0, 0.05) is 29.7 Å². The fraction of sp³-hybridized carbons (Fsp3) is 0.200. The number of nitrogens with zero attached hydrogens (tertiary/aromatic N) is 1. The zero-order valence-electron chi connectivity index (χ0n) is 16.8. The Bertz CT molecular complexity index is 1230. The first-order chi connectivity index (χ1) is 14.0. The third kappa shape index (κ3) is 3.99. The first-order valence-corrected chi connectivity index (χ1v) is 11.9. The summed E-state index contributed by atoms with van der Waals surface area (Å²) < 4.78 is 25.5. The molecule has 0 N–H and O–H groups in total. The quantitative estimate of drug-likeness (QED) is 0.395. The van der Waals surface area contributed by atoms with Gasteiger partial charge in [-0.2, -0.15) is 0 Å². The number of pyridine rings is 1. The van der Waals surface area contributed by atoms with Crippen molar-refractivity contribution in [3.05, 3.63) is 84.7 Å². The van der Waals surface area contributed by atoms with Crippen LogP contribution in [0.3, 0.4) is 0 Å². The summed E-state index contributed by atoms with van der Waals surface area (Å²) in [6.07, 6.45) is 8.97. The summed E-state index contributed by atoms with van der Waals surface area (Å²) in [5, 5.41) is 0. The van der Waals surface area contributed by atoms with E-state index in [1.807, 2.05) is 12.1 Å². The Labute approximate surface area is 172 Å². The van der Waals surface area contributed by atoms with Gasteiger partial charge in [-0.05, 0) is 59.4 Å². The molecule has 3 nitrogen and oxygen atoms in total. The third-order valence-electron chi connectivity index (χ3n) is 5.38. The lowest BCUT2D eigenvalue weighted by Gasteiger charge is -2.07. The molecule has 0 spiro atoms. The molecule has 0 aliphatic carbocycles. The highest BCUT2D eigenvalue weighted by atomic mass is 32.2. The van der Waals surface area contributed by atoms with Gasteiger partial charge < -0.3 is 4.40 Å². The molecule has 0 fully saturated rings. The molecule has 2 aromatic carbocycles. The summed E-state index contributed by atoms with van der Waals surface area (Å²) in [6.45, 7) is 2.22. The first kappa shape index (κ1) is 19.5. The second-order valence-electron chi connectivity index (χ2n) is 7.49. The van der Waals surface area contributed by atoms with Gasteiger partial charge in [0.05, 0.1) is 4.90 Å². The molecule has 0 bridgehead atoms. The maximum Gasteiger partial charge on any atom is 0.175 e. The van der Waals surface area contributed by atoms with Crippen molar-refractivity contribution in [2.24, 2.45) is 0 Å². The van der Waals surface area contributed by atoms with Crippen LogP contribution in [0.1, 0.15) is 25.3 Å². The molecule has 0 radical (unpaired) electrons. The Morgan fingerprint density at radius 1 is 0.828 bits per heavy atom. The van der Waals surface area contributed by atoms with Gasteiger partial charge >= 0.3 is 0 Å². The molecule has 2 heterocycles. The fourth-order valence-electron chi connectivity index (χ4n) is 3.78. The molecule has 4 aromatic rings. The standard InChI is InChI=1S/C25H25NO2S/c1-3-4-7-23-24(18-26-17-6-5-8-25(23)26)21-11-9-19(10-12-21)20-13-15-22(16-14-20)29(2,27)28/h5-6,8-18H,3-4,7H2,1-2H3. The summed E-state index contributed by atoms with van der Waals surface area (Å²) in [5.74, 6) is 0. The summed E-state index contributed by atoms with van der Waals surface area (Å²) in [5.41, 5.74) is 7.25. The Hall–Kier alpha value is -2.85. The maximum absolute atomic E-state index is 11.7. The number of rotatable bonds is 6. The van der Waals surface area contributed by atoms with Gasteiger partial charge in [-0.25, -0.2) is 8.42 Å². The van der Waals surface area contributed by atoms with Gasteiger partial charge in [-0.1, -0.05) is 55.8 Å². The lowest BCUT2D eigenvalue weighted by atomic mass is 9.97. The normalized spacial score (nSPS) is 11.8. The highest BCUT2D eigenvalue weighted by molar-refractivity contribution is 7.90. The van der Waals surface area contributed by atoms with Gasteiger partial charge in [0.2, 0.25) is 0 Å². The highest BCUT2D eigenvalue weighted by Crippen LogP contribution is 2.32. The number of aromatic nitrogens is 1. The smallest absolute Gasteiger partial charge is 0.175 e. The van der Waals surface area contributed by atoms with Crippen LogP contribution in [0.4, 0.5) is 0 Å². The Balaban J connectivity index is 1.69. The van der Waals surface area contributed by atoms with Crippen molar-refractivity contribution in [3.8, 4) is 22.3 Å². The molecule has 0 atom stereocenters. The van der Waals surface area contributed by atoms with Gasteiger partial charge in [0.15, 0.2) is 9.84 Å². The highest BCUT2D eigenvalue weighted by Gasteiger charge is 2.12. The van der Waals surface area contributed by atoms with E-state index in [1.54, 1.807) is 12.1 Å². The summed E-state index contributed by atoms with van der Waals surface area (Å²) in [7, 11) is -3.17. The molecule has 0 unspecified atom stereocenters. The number of sulfone groups is 1. The van der Waals surface area contributed by atoms with Crippen LogP contribution in [0.15, 0.2) is 84.0 Å². The maximum atomic E-state index is 11.7. The lowest BCUT2D eigenvalue weighted by molar-refractivity contribution is 0.602. The zero-order chi connectivity index (χ0) is 20.4. The van der Waals surface area contributed by atoms with Gasteiger partial charge in [-0.15, -0.1) is 0 Å². The zero-order valence-corrected chi connectivity index (χ0v) is 17.6. The molecule has 148 valence electrons. The van der Waals surface area contributed by atoms with Gasteiger partial charge in [0.1, 0.15) is 0 Å². The summed E-state index contributed by atoms with van der Waals surface area (Å²) in [4.78, 5) is 0.346. The van der Waals surface area contributed by atoms with E-state index in [2.05, 4.69) is 66.2 Å². The second kappa shape index (κ2) is 7.88. The molecule has 0 amide bonds. The molecule has 4 rings (SSSR count). The predicted octanol–water partition coefficient (Wildman–Crippen LogP) is 6.02. The Morgan fingerprint density at radius 2 is 1.45 bits per heavy atom. The number of hydrogen-bond donors (Lipinski definition) is 0. The SMILES string of the molecule is CCCCc1c(-c2ccc(-c3ccc(S(C)(=O)=O)cc3)cc2)cn2ccccc12. The van der Waals surface area contributed by atoms with Crippen molar-refractivity contribution in [3.63, 3.8) is 0 Å². The van der Waals surface area contributed by atoms with E-state index in [1.165, 1.54) is 41.3 Å². The monoisotopic (exact) mass is 403 g/mol. The average molecular weight is 404 g/mol. The van der Waals surface area contributed by atoms with E-state index in [-0.39, 0.29) is 0 Å².